The fourth-order valence-electron chi connectivity index (χ4n) is 3.51. The van der Waals surface area contributed by atoms with E-state index in [1.165, 1.54) is 18.5 Å². The number of anilines is 1. The number of hydrogen-bond donors (Lipinski definition) is 1. The molecular formula is C21H25NO3. The van der Waals surface area contributed by atoms with Crippen LogP contribution >= 0.6 is 0 Å². The zero-order chi connectivity index (χ0) is 17.8. The lowest BCUT2D eigenvalue weighted by Gasteiger charge is -2.19. The van der Waals surface area contributed by atoms with Crippen molar-refractivity contribution in [2.45, 2.75) is 32.1 Å². The largest absolute Gasteiger partial charge is 0.496 e. The summed E-state index contributed by atoms with van der Waals surface area (Å²) in [5, 5.41) is 9.76. The summed E-state index contributed by atoms with van der Waals surface area (Å²) in [5.41, 5.74) is 4.02. The van der Waals surface area contributed by atoms with E-state index in [0.717, 1.165) is 29.8 Å². The number of hydrogen-bond acceptors (Lipinski definition) is 3. The quantitative estimate of drug-likeness (QED) is 0.864. The van der Waals surface area contributed by atoms with E-state index in [1.54, 1.807) is 7.11 Å². The number of carbonyl (C=O) groups is 1. The molecule has 2 aromatic carbocycles. The Labute approximate surface area is 149 Å². The molecule has 1 unspecified atom stereocenters. The van der Waals surface area contributed by atoms with Crippen LogP contribution in [-0.2, 0) is 11.2 Å². The van der Waals surface area contributed by atoms with Gasteiger partial charge in [-0.15, -0.1) is 0 Å². The first-order valence-corrected chi connectivity index (χ1v) is 8.79. The molecule has 132 valence electrons. The van der Waals surface area contributed by atoms with Crippen LogP contribution in [0.25, 0.3) is 0 Å². The molecule has 0 radical (unpaired) electrons. The van der Waals surface area contributed by atoms with Gasteiger partial charge in [0, 0.05) is 24.3 Å². The molecule has 1 aliphatic heterocycles. The van der Waals surface area contributed by atoms with E-state index in [1.807, 2.05) is 37.3 Å². The van der Waals surface area contributed by atoms with Gasteiger partial charge in [-0.1, -0.05) is 29.8 Å². The number of aliphatic carboxylic acids is 1. The summed E-state index contributed by atoms with van der Waals surface area (Å²) in [5.74, 6) is -0.813. The lowest BCUT2D eigenvalue weighted by molar-refractivity contribution is -0.138. The second kappa shape index (κ2) is 7.60. The van der Waals surface area contributed by atoms with Crippen molar-refractivity contribution in [2.24, 2.45) is 0 Å². The molecule has 2 aromatic rings. The molecule has 0 amide bonds. The average Bonchev–Trinajstić information content (AvgIpc) is 3.14. The van der Waals surface area contributed by atoms with Crippen molar-refractivity contribution in [1.29, 1.82) is 0 Å². The van der Waals surface area contributed by atoms with Crippen LogP contribution in [0.2, 0.25) is 0 Å². The van der Waals surface area contributed by atoms with Crippen molar-refractivity contribution in [3.8, 4) is 5.75 Å². The fourth-order valence-corrected chi connectivity index (χ4v) is 3.51. The van der Waals surface area contributed by atoms with Gasteiger partial charge in [-0.2, -0.15) is 0 Å². The van der Waals surface area contributed by atoms with Crippen LogP contribution < -0.4 is 9.64 Å². The predicted molar refractivity (Wildman–Crippen MR) is 99.7 cm³/mol. The summed E-state index contributed by atoms with van der Waals surface area (Å²) in [4.78, 5) is 14.3. The maximum Gasteiger partial charge on any atom is 0.311 e. The number of benzene rings is 2. The Morgan fingerprint density at radius 3 is 2.44 bits per heavy atom. The van der Waals surface area contributed by atoms with E-state index in [0.29, 0.717) is 12.2 Å². The third kappa shape index (κ3) is 3.95. The molecule has 0 saturated carbocycles. The van der Waals surface area contributed by atoms with Gasteiger partial charge in [0.1, 0.15) is 5.75 Å². The van der Waals surface area contributed by atoms with E-state index in [-0.39, 0.29) is 0 Å². The van der Waals surface area contributed by atoms with Crippen LogP contribution in [0.5, 0.6) is 5.75 Å². The summed E-state index contributed by atoms with van der Waals surface area (Å²) in [6.45, 7) is 4.18. The van der Waals surface area contributed by atoms with Gasteiger partial charge in [0.05, 0.1) is 13.0 Å². The summed E-state index contributed by atoms with van der Waals surface area (Å²) in [6, 6.07) is 14.0. The Kier molecular flexibility index (Phi) is 5.27. The van der Waals surface area contributed by atoms with E-state index >= 15 is 0 Å². The second-order valence-corrected chi connectivity index (χ2v) is 6.70. The summed E-state index contributed by atoms with van der Waals surface area (Å²) in [6.07, 6.45) is 2.95. The van der Waals surface area contributed by atoms with E-state index in [4.69, 9.17) is 4.74 Å². The van der Waals surface area contributed by atoms with Gasteiger partial charge in [0.25, 0.3) is 0 Å². The third-order valence-corrected chi connectivity index (χ3v) is 4.91. The number of carboxylic acid groups (broad SMARTS) is 1. The van der Waals surface area contributed by atoms with Gasteiger partial charge < -0.3 is 14.7 Å². The molecule has 4 nitrogen and oxygen atoms in total. The number of ether oxygens (including phenoxy) is 1. The SMILES string of the molecule is COc1ccc(C)cc1C(Cc1ccc(N2CCCC2)cc1)C(=O)O. The molecule has 0 aliphatic carbocycles. The van der Waals surface area contributed by atoms with Crippen molar-refractivity contribution >= 4 is 11.7 Å². The van der Waals surface area contributed by atoms with Crippen LogP contribution in [-0.4, -0.2) is 31.3 Å². The summed E-state index contributed by atoms with van der Waals surface area (Å²) >= 11 is 0. The van der Waals surface area contributed by atoms with Crippen molar-refractivity contribution in [3.63, 3.8) is 0 Å². The maximum atomic E-state index is 11.9. The minimum atomic E-state index is -0.826. The lowest BCUT2D eigenvalue weighted by atomic mass is 9.90. The zero-order valence-electron chi connectivity index (χ0n) is 14.9. The Bertz CT molecular complexity index is 733. The standard InChI is InChI=1S/C21H25NO3/c1-15-5-10-20(25-2)18(13-15)19(21(23)24)14-16-6-8-17(9-7-16)22-11-3-4-12-22/h5-10,13,19H,3-4,11-12,14H2,1-2H3,(H,23,24). The predicted octanol–water partition coefficient (Wildman–Crippen LogP) is 4.01. The Balaban J connectivity index is 1.83. The Morgan fingerprint density at radius 2 is 1.84 bits per heavy atom. The first-order chi connectivity index (χ1) is 12.1. The van der Waals surface area contributed by atoms with Crippen LogP contribution in [0.3, 0.4) is 0 Å². The van der Waals surface area contributed by atoms with E-state index < -0.39 is 11.9 Å². The minimum absolute atomic E-state index is 0.454. The third-order valence-electron chi connectivity index (χ3n) is 4.91. The lowest BCUT2D eigenvalue weighted by Crippen LogP contribution is -2.18. The normalized spacial score (nSPS) is 15.2. The highest BCUT2D eigenvalue weighted by atomic mass is 16.5. The molecule has 1 N–H and O–H groups in total. The highest BCUT2D eigenvalue weighted by Crippen LogP contribution is 2.31. The van der Waals surface area contributed by atoms with Gasteiger partial charge >= 0.3 is 5.97 Å². The smallest absolute Gasteiger partial charge is 0.311 e. The molecule has 1 atom stereocenters. The number of nitrogens with zero attached hydrogens (tertiary/aromatic N) is 1. The molecule has 0 bridgehead atoms. The van der Waals surface area contributed by atoms with Gasteiger partial charge in [0.15, 0.2) is 0 Å². The average molecular weight is 339 g/mol. The van der Waals surface area contributed by atoms with Gasteiger partial charge in [0.2, 0.25) is 0 Å². The first kappa shape index (κ1) is 17.3. The Hall–Kier alpha value is -2.49. The molecule has 0 spiro atoms. The second-order valence-electron chi connectivity index (χ2n) is 6.70. The fraction of sp³-hybridized carbons (Fsp3) is 0.381. The highest BCUT2D eigenvalue weighted by molar-refractivity contribution is 5.78. The van der Waals surface area contributed by atoms with Crippen molar-refractivity contribution < 1.29 is 14.6 Å². The topological polar surface area (TPSA) is 49.8 Å². The minimum Gasteiger partial charge on any atom is -0.496 e. The molecule has 4 heteroatoms. The molecular weight excluding hydrogens is 314 g/mol. The monoisotopic (exact) mass is 339 g/mol. The number of carboxylic acids is 1. The van der Waals surface area contributed by atoms with Gasteiger partial charge in [-0.3, -0.25) is 4.79 Å². The molecule has 3 rings (SSSR count). The molecule has 25 heavy (non-hydrogen) atoms. The molecule has 1 aliphatic rings. The van der Waals surface area contributed by atoms with Crippen LogP contribution in [0.15, 0.2) is 42.5 Å². The number of methoxy groups -OCH3 is 1. The molecule has 1 heterocycles. The van der Waals surface area contributed by atoms with Crippen molar-refractivity contribution in [1.82, 2.24) is 0 Å². The van der Waals surface area contributed by atoms with Crippen molar-refractivity contribution in [2.75, 3.05) is 25.1 Å². The van der Waals surface area contributed by atoms with E-state index in [2.05, 4.69) is 17.0 Å². The van der Waals surface area contributed by atoms with Crippen LogP contribution in [0.1, 0.15) is 35.4 Å². The number of aryl methyl sites for hydroxylation is 1. The zero-order valence-corrected chi connectivity index (χ0v) is 14.9. The van der Waals surface area contributed by atoms with Crippen LogP contribution in [0.4, 0.5) is 5.69 Å². The Morgan fingerprint density at radius 1 is 1.16 bits per heavy atom. The summed E-state index contributed by atoms with van der Waals surface area (Å²) < 4.78 is 5.39. The van der Waals surface area contributed by atoms with E-state index in [9.17, 15) is 9.90 Å². The first-order valence-electron chi connectivity index (χ1n) is 8.79. The highest BCUT2D eigenvalue weighted by Gasteiger charge is 2.24. The maximum absolute atomic E-state index is 11.9. The molecule has 1 fully saturated rings. The number of rotatable bonds is 6. The van der Waals surface area contributed by atoms with Gasteiger partial charge in [-0.05, 0) is 49.9 Å². The molecule has 0 aromatic heterocycles. The van der Waals surface area contributed by atoms with Crippen LogP contribution in [0, 0.1) is 6.92 Å². The molecule has 1 saturated heterocycles. The summed E-state index contributed by atoms with van der Waals surface area (Å²) in [7, 11) is 1.58. The van der Waals surface area contributed by atoms with Crippen molar-refractivity contribution in [3.05, 3.63) is 59.2 Å². The van der Waals surface area contributed by atoms with Gasteiger partial charge in [-0.25, -0.2) is 0 Å².